The van der Waals surface area contributed by atoms with Crippen LogP contribution in [0.25, 0.3) is 0 Å². The molecule has 1 heterocycles. The highest BCUT2D eigenvalue weighted by molar-refractivity contribution is 6.33. The quantitative estimate of drug-likeness (QED) is 0.651. The number of aryl methyl sites for hydroxylation is 1. The molecule has 0 aliphatic carbocycles. The average molecular weight is 367 g/mol. The number of carbonyl (C=O) groups excluding carboxylic acids is 3. The second-order valence-corrected chi connectivity index (χ2v) is 5.85. The van der Waals surface area contributed by atoms with Crippen LogP contribution in [0.15, 0.2) is 30.5 Å². The standard InChI is InChI=1S/C17H16ClFN2O4/c1-9(22)11-6-15(21(3)8-11)17(24)25-10(2)16(23)20-14-5-4-12(19)7-13(14)18/h4-8,10H,1-3H3,(H,20,23)/t10-/m1/s1. The first-order valence-corrected chi connectivity index (χ1v) is 7.71. The molecule has 1 aromatic heterocycles. The molecule has 0 aliphatic heterocycles. The fourth-order valence-electron chi connectivity index (χ4n) is 2.06. The predicted octanol–water partition coefficient (Wildman–Crippen LogP) is 3.20. The van der Waals surface area contributed by atoms with E-state index >= 15 is 0 Å². The number of aromatic nitrogens is 1. The van der Waals surface area contributed by atoms with Crippen LogP contribution in [0.4, 0.5) is 10.1 Å². The fraction of sp³-hybridized carbons (Fsp3) is 0.235. The first kappa shape index (κ1) is 18.7. The number of rotatable bonds is 5. The van der Waals surface area contributed by atoms with E-state index in [2.05, 4.69) is 5.32 Å². The SMILES string of the molecule is CC(=O)c1cc(C(=O)O[C@H](C)C(=O)Nc2ccc(F)cc2Cl)n(C)c1. The maximum Gasteiger partial charge on any atom is 0.355 e. The van der Waals surface area contributed by atoms with Crippen molar-refractivity contribution < 1.29 is 23.5 Å². The summed E-state index contributed by atoms with van der Waals surface area (Å²) in [6.45, 7) is 2.77. The Balaban J connectivity index is 2.05. The monoisotopic (exact) mass is 366 g/mol. The topological polar surface area (TPSA) is 77.4 Å². The van der Waals surface area contributed by atoms with E-state index in [-0.39, 0.29) is 22.2 Å². The lowest BCUT2D eigenvalue weighted by molar-refractivity contribution is -0.123. The summed E-state index contributed by atoms with van der Waals surface area (Å²) >= 11 is 5.84. The van der Waals surface area contributed by atoms with Crippen molar-refractivity contribution in [2.45, 2.75) is 20.0 Å². The van der Waals surface area contributed by atoms with E-state index < -0.39 is 23.8 Å². The number of esters is 1. The van der Waals surface area contributed by atoms with Gasteiger partial charge >= 0.3 is 5.97 Å². The normalized spacial score (nSPS) is 11.7. The van der Waals surface area contributed by atoms with Crippen LogP contribution in [0, 0.1) is 5.82 Å². The van der Waals surface area contributed by atoms with Crippen molar-refractivity contribution in [2.24, 2.45) is 7.05 Å². The van der Waals surface area contributed by atoms with Gasteiger partial charge in [0.1, 0.15) is 11.5 Å². The van der Waals surface area contributed by atoms with Gasteiger partial charge in [0.25, 0.3) is 5.91 Å². The summed E-state index contributed by atoms with van der Waals surface area (Å²) in [4.78, 5) is 35.6. The van der Waals surface area contributed by atoms with Crippen molar-refractivity contribution in [3.8, 4) is 0 Å². The number of ketones is 1. The number of halogens is 2. The highest BCUT2D eigenvalue weighted by Crippen LogP contribution is 2.22. The molecular formula is C17H16ClFN2O4. The maximum absolute atomic E-state index is 13.0. The Kier molecular flexibility index (Phi) is 5.58. The molecular weight excluding hydrogens is 351 g/mol. The van der Waals surface area contributed by atoms with Crippen molar-refractivity contribution in [2.75, 3.05) is 5.32 Å². The van der Waals surface area contributed by atoms with Gasteiger partial charge in [-0.2, -0.15) is 0 Å². The number of nitrogens with zero attached hydrogens (tertiary/aromatic N) is 1. The third-order valence-corrected chi connectivity index (χ3v) is 3.78. The van der Waals surface area contributed by atoms with Crippen LogP contribution in [-0.2, 0) is 16.6 Å². The van der Waals surface area contributed by atoms with Crippen molar-refractivity contribution in [3.05, 3.63) is 52.6 Å². The molecule has 0 bridgehead atoms. The highest BCUT2D eigenvalue weighted by atomic mass is 35.5. The van der Waals surface area contributed by atoms with Gasteiger partial charge < -0.3 is 14.6 Å². The summed E-state index contributed by atoms with van der Waals surface area (Å²) in [5, 5.41) is 2.48. The van der Waals surface area contributed by atoms with E-state index in [1.807, 2.05) is 0 Å². The van der Waals surface area contributed by atoms with Crippen LogP contribution >= 0.6 is 11.6 Å². The maximum atomic E-state index is 13.0. The lowest BCUT2D eigenvalue weighted by atomic mass is 10.2. The van der Waals surface area contributed by atoms with E-state index in [4.69, 9.17) is 16.3 Å². The van der Waals surface area contributed by atoms with Crippen LogP contribution < -0.4 is 5.32 Å². The van der Waals surface area contributed by atoms with Crippen molar-refractivity contribution in [3.63, 3.8) is 0 Å². The summed E-state index contributed by atoms with van der Waals surface area (Å²) in [5.41, 5.74) is 0.711. The van der Waals surface area contributed by atoms with Gasteiger partial charge in [-0.1, -0.05) is 11.6 Å². The highest BCUT2D eigenvalue weighted by Gasteiger charge is 2.22. The Labute approximate surface area is 148 Å². The molecule has 2 aromatic rings. The Morgan fingerprint density at radius 3 is 2.52 bits per heavy atom. The Morgan fingerprint density at radius 1 is 1.28 bits per heavy atom. The minimum absolute atomic E-state index is 0.0282. The molecule has 1 N–H and O–H groups in total. The molecule has 0 unspecified atom stereocenters. The van der Waals surface area contributed by atoms with Crippen LogP contribution in [0.2, 0.25) is 5.02 Å². The molecule has 1 atom stereocenters. The Bertz CT molecular complexity index is 847. The zero-order valence-corrected chi connectivity index (χ0v) is 14.6. The number of hydrogen-bond acceptors (Lipinski definition) is 4. The molecule has 1 amide bonds. The lowest BCUT2D eigenvalue weighted by Gasteiger charge is -2.14. The van der Waals surface area contributed by atoms with E-state index in [1.165, 1.54) is 36.7 Å². The summed E-state index contributed by atoms with van der Waals surface area (Å²) in [7, 11) is 1.59. The van der Waals surface area contributed by atoms with Crippen LogP contribution in [-0.4, -0.2) is 28.3 Å². The number of hydrogen-bond donors (Lipinski definition) is 1. The molecule has 0 radical (unpaired) electrons. The van der Waals surface area contributed by atoms with Gasteiger partial charge in [0.2, 0.25) is 0 Å². The molecule has 0 spiro atoms. The summed E-state index contributed by atoms with van der Waals surface area (Å²) < 4.78 is 19.6. The van der Waals surface area contributed by atoms with Crippen LogP contribution in [0.3, 0.4) is 0 Å². The number of ether oxygens (including phenoxy) is 1. The molecule has 25 heavy (non-hydrogen) atoms. The van der Waals surface area contributed by atoms with Crippen molar-refractivity contribution in [1.82, 2.24) is 4.57 Å². The smallest absolute Gasteiger partial charge is 0.355 e. The molecule has 0 saturated carbocycles. The molecule has 132 valence electrons. The zero-order valence-electron chi connectivity index (χ0n) is 13.8. The second kappa shape index (κ2) is 7.48. The first-order valence-electron chi connectivity index (χ1n) is 7.33. The van der Waals surface area contributed by atoms with E-state index in [9.17, 15) is 18.8 Å². The number of nitrogens with one attached hydrogen (secondary N) is 1. The minimum atomic E-state index is -1.12. The molecule has 2 rings (SSSR count). The Morgan fingerprint density at radius 2 is 1.96 bits per heavy atom. The second-order valence-electron chi connectivity index (χ2n) is 5.44. The third-order valence-electron chi connectivity index (χ3n) is 3.46. The van der Waals surface area contributed by atoms with Gasteiger partial charge in [0.05, 0.1) is 10.7 Å². The summed E-state index contributed by atoms with van der Waals surface area (Å²) in [6, 6.07) is 4.90. The first-order chi connectivity index (χ1) is 11.7. The summed E-state index contributed by atoms with van der Waals surface area (Å²) in [6.07, 6.45) is 0.381. The van der Waals surface area contributed by atoms with Gasteiger partial charge in [-0.15, -0.1) is 0 Å². The predicted molar refractivity (Wildman–Crippen MR) is 90.3 cm³/mol. The van der Waals surface area contributed by atoms with Gasteiger partial charge in [0, 0.05) is 18.8 Å². The summed E-state index contributed by atoms with van der Waals surface area (Å²) in [5.74, 6) is -2.09. The molecule has 0 aliphatic rings. The number of Topliss-reactive ketones (excluding diaryl/α,β-unsaturated/α-hetero) is 1. The van der Waals surface area contributed by atoms with Gasteiger partial charge in [-0.05, 0) is 38.1 Å². The molecule has 1 aromatic carbocycles. The van der Waals surface area contributed by atoms with Gasteiger partial charge in [-0.25, -0.2) is 9.18 Å². The van der Waals surface area contributed by atoms with Crippen molar-refractivity contribution in [1.29, 1.82) is 0 Å². The Hall–Kier alpha value is -2.67. The van der Waals surface area contributed by atoms with E-state index in [0.29, 0.717) is 5.56 Å². The number of amides is 1. The zero-order chi connectivity index (χ0) is 18.7. The third kappa shape index (κ3) is 4.45. The van der Waals surface area contributed by atoms with E-state index in [0.717, 1.165) is 12.1 Å². The average Bonchev–Trinajstić information content (AvgIpc) is 2.92. The molecule has 6 nitrogen and oxygen atoms in total. The number of carbonyl (C=O) groups is 3. The fourth-order valence-corrected chi connectivity index (χ4v) is 2.27. The van der Waals surface area contributed by atoms with E-state index in [1.54, 1.807) is 7.05 Å². The van der Waals surface area contributed by atoms with Gasteiger partial charge in [0.15, 0.2) is 11.9 Å². The minimum Gasteiger partial charge on any atom is -0.448 e. The molecule has 0 fully saturated rings. The number of benzene rings is 1. The van der Waals surface area contributed by atoms with Crippen LogP contribution in [0.1, 0.15) is 34.7 Å². The van der Waals surface area contributed by atoms with Crippen molar-refractivity contribution >= 4 is 34.9 Å². The lowest BCUT2D eigenvalue weighted by Crippen LogP contribution is -2.30. The molecule has 0 saturated heterocycles. The van der Waals surface area contributed by atoms with Crippen LogP contribution in [0.5, 0.6) is 0 Å². The largest absolute Gasteiger partial charge is 0.448 e. The van der Waals surface area contributed by atoms with Gasteiger partial charge in [-0.3, -0.25) is 9.59 Å². The number of anilines is 1. The molecule has 8 heteroatoms.